The molecule has 1 atom stereocenters. The monoisotopic (exact) mass is 290 g/mol. The van der Waals surface area contributed by atoms with Crippen LogP contribution in [-0.2, 0) is 22.4 Å². The van der Waals surface area contributed by atoms with Gasteiger partial charge in [0, 0.05) is 12.2 Å². The highest BCUT2D eigenvalue weighted by molar-refractivity contribution is 6.39. The van der Waals surface area contributed by atoms with Gasteiger partial charge in [0.15, 0.2) is 0 Å². The molecule has 0 saturated carbocycles. The Morgan fingerprint density at radius 2 is 2.00 bits per heavy atom. The fourth-order valence-electron chi connectivity index (χ4n) is 2.47. The Kier molecular flexibility index (Phi) is 5.33. The van der Waals surface area contributed by atoms with Crippen molar-refractivity contribution in [2.45, 2.75) is 45.1 Å². The first-order valence-electron chi connectivity index (χ1n) is 7.49. The summed E-state index contributed by atoms with van der Waals surface area (Å²) in [6, 6.07) is 5.78. The lowest BCUT2D eigenvalue weighted by atomic mass is 10.1. The van der Waals surface area contributed by atoms with Gasteiger partial charge in [-0.15, -0.1) is 0 Å². The third kappa shape index (κ3) is 4.29. The summed E-state index contributed by atoms with van der Waals surface area (Å²) in [5, 5.41) is 14.5. The molecule has 114 valence electrons. The summed E-state index contributed by atoms with van der Waals surface area (Å²) in [4.78, 5) is 23.4. The van der Waals surface area contributed by atoms with Gasteiger partial charge in [0.05, 0.1) is 6.10 Å². The number of hydrogen-bond donors (Lipinski definition) is 3. The number of amides is 2. The highest BCUT2D eigenvalue weighted by Crippen LogP contribution is 2.24. The predicted molar refractivity (Wildman–Crippen MR) is 81.0 cm³/mol. The normalized spacial score (nSPS) is 14.4. The molecule has 1 aromatic carbocycles. The van der Waals surface area contributed by atoms with Gasteiger partial charge in [-0.3, -0.25) is 9.59 Å². The molecule has 21 heavy (non-hydrogen) atoms. The molecule has 0 saturated heterocycles. The second-order valence-corrected chi connectivity index (χ2v) is 5.40. The summed E-state index contributed by atoms with van der Waals surface area (Å²) in [6.45, 7) is 2.17. The van der Waals surface area contributed by atoms with Crippen molar-refractivity contribution in [3.05, 3.63) is 29.3 Å². The fraction of sp³-hybridized carbons (Fsp3) is 0.500. The van der Waals surface area contributed by atoms with Crippen LogP contribution in [0.2, 0.25) is 0 Å². The van der Waals surface area contributed by atoms with Crippen LogP contribution in [0.5, 0.6) is 0 Å². The molecule has 0 spiro atoms. The topological polar surface area (TPSA) is 78.4 Å². The number of aryl methyl sites for hydroxylation is 2. The standard InChI is InChI=1S/C16H22N2O3/c1-2-14(19)8-9-17-15(20)16(21)18-13-7-6-11-4-3-5-12(11)10-13/h6-7,10,14,19H,2-5,8-9H2,1H3,(H,17,20)(H,18,21). The first kappa shape index (κ1) is 15.5. The molecule has 1 aliphatic rings. The van der Waals surface area contributed by atoms with E-state index in [4.69, 9.17) is 0 Å². The van der Waals surface area contributed by atoms with Crippen LogP contribution >= 0.6 is 0 Å². The number of rotatable bonds is 5. The van der Waals surface area contributed by atoms with Crippen LogP contribution in [0.15, 0.2) is 18.2 Å². The van der Waals surface area contributed by atoms with Crippen LogP contribution in [0.3, 0.4) is 0 Å². The van der Waals surface area contributed by atoms with Gasteiger partial charge in [0.25, 0.3) is 0 Å². The molecule has 1 aromatic rings. The van der Waals surface area contributed by atoms with Gasteiger partial charge in [0.2, 0.25) is 0 Å². The van der Waals surface area contributed by atoms with Crippen molar-refractivity contribution in [2.75, 3.05) is 11.9 Å². The molecule has 2 rings (SSSR count). The van der Waals surface area contributed by atoms with E-state index in [0.717, 1.165) is 19.3 Å². The highest BCUT2D eigenvalue weighted by Gasteiger charge is 2.16. The molecule has 0 heterocycles. The van der Waals surface area contributed by atoms with E-state index in [1.165, 1.54) is 11.1 Å². The lowest BCUT2D eigenvalue weighted by Crippen LogP contribution is -2.36. The zero-order valence-electron chi connectivity index (χ0n) is 12.3. The number of carbonyl (C=O) groups excluding carboxylic acids is 2. The van der Waals surface area contributed by atoms with E-state index in [0.29, 0.717) is 25.1 Å². The van der Waals surface area contributed by atoms with E-state index in [1.807, 2.05) is 25.1 Å². The molecular formula is C16H22N2O3. The second kappa shape index (κ2) is 7.22. The van der Waals surface area contributed by atoms with Crippen LogP contribution in [0.1, 0.15) is 37.3 Å². The Labute approximate surface area is 124 Å². The molecular weight excluding hydrogens is 268 g/mol. The molecule has 5 nitrogen and oxygen atoms in total. The summed E-state index contributed by atoms with van der Waals surface area (Å²) < 4.78 is 0. The van der Waals surface area contributed by atoms with Gasteiger partial charge in [-0.25, -0.2) is 0 Å². The number of fused-ring (bicyclic) bond motifs is 1. The van der Waals surface area contributed by atoms with E-state index in [2.05, 4.69) is 10.6 Å². The maximum atomic E-state index is 11.8. The molecule has 1 unspecified atom stereocenters. The Hall–Kier alpha value is -1.88. The number of aliphatic hydroxyl groups excluding tert-OH is 1. The average molecular weight is 290 g/mol. The van der Waals surface area contributed by atoms with Crippen molar-refractivity contribution < 1.29 is 14.7 Å². The average Bonchev–Trinajstić information content (AvgIpc) is 2.94. The number of benzene rings is 1. The van der Waals surface area contributed by atoms with Crippen LogP contribution in [0.25, 0.3) is 0 Å². The van der Waals surface area contributed by atoms with Gasteiger partial charge in [-0.1, -0.05) is 13.0 Å². The van der Waals surface area contributed by atoms with E-state index in [1.54, 1.807) is 0 Å². The van der Waals surface area contributed by atoms with Crippen molar-refractivity contribution in [2.24, 2.45) is 0 Å². The van der Waals surface area contributed by atoms with Crippen molar-refractivity contribution in [1.29, 1.82) is 0 Å². The molecule has 5 heteroatoms. The number of aliphatic hydroxyl groups is 1. The lowest BCUT2D eigenvalue weighted by Gasteiger charge is -2.10. The maximum absolute atomic E-state index is 11.8. The van der Waals surface area contributed by atoms with Gasteiger partial charge in [-0.2, -0.15) is 0 Å². The van der Waals surface area contributed by atoms with Crippen LogP contribution < -0.4 is 10.6 Å². The Balaban J connectivity index is 1.82. The first-order chi connectivity index (χ1) is 10.1. The number of carbonyl (C=O) groups is 2. The van der Waals surface area contributed by atoms with Gasteiger partial charge in [0.1, 0.15) is 0 Å². The van der Waals surface area contributed by atoms with Gasteiger partial charge in [-0.05, 0) is 55.4 Å². The number of nitrogens with one attached hydrogen (secondary N) is 2. The molecule has 1 aliphatic carbocycles. The zero-order chi connectivity index (χ0) is 15.2. The quantitative estimate of drug-likeness (QED) is 0.717. The van der Waals surface area contributed by atoms with Crippen LogP contribution in [0, 0.1) is 0 Å². The largest absolute Gasteiger partial charge is 0.393 e. The SMILES string of the molecule is CCC(O)CCNC(=O)C(=O)Nc1ccc2c(c1)CCC2. The van der Waals surface area contributed by atoms with E-state index >= 15 is 0 Å². The molecule has 0 fully saturated rings. The van der Waals surface area contributed by atoms with Crippen molar-refractivity contribution in [1.82, 2.24) is 5.32 Å². The summed E-state index contributed by atoms with van der Waals surface area (Å²) in [5.74, 6) is -1.34. The second-order valence-electron chi connectivity index (χ2n) is 5.40. The smallest absolute Gasteiger partial charge is 0.313 e. The van der Waals surface area contributed by atoms with E-state index < -0.39 is 17.9 Å². The van der Waals surface area contributed by atoms with Crippen LogP contribution in [0.4, 0.5) is 5.69 Å². The first-order valence-corrected chi connectivity index (χ1v) is 7.49. The molecule has 2 amide bonds. The molecule has 0 bridgehead atoms. The lowest BCUT2D eigenvalue weighted by molar-refractivity contribution is -0.136. The van der Waals surface area contributed by atoms with E-state index in [9.17, 15) is 14.7 Å². The number of anilines is 1. The minimum Gasteiger partial charge on any atom is -0.393 e. The predicted octanol–water partition coefficient (Wildman–Crippen LogP) is 1.39. The summed E-state index contributed by atoms with van der Waals surface area (Å²) in [7, 11) is 0. The summed E-state index contributed by atoms with van der Waals surface area (Å²) >= 11 is 0. The Morgan fingerprint density at radius 1 is 1.24 bits per heavy atom. The van der Waals surface area contributed by atoms with Gasteiger partial charge >= 0.3 is 11.8 Å². The fourth-order valence-corrected chi connectivity index (χ4v) is 2.47. The van der Waals surface area contributed by atoms with Gasteiger partial charge < -0.3 is 15.7 Å². The third-order valence-corrected chi connectivity index (χ3v) is 3.80. The van der Waals surface area contributed by atoms with Crippen molar-refractivity contribution in [3.8, 4) is 0 Å². The highest BCUT2D eigenvalue weighted by atomic mass is 16.3. The Bertz CT molecular complexity index is 528. The molecule has 0 radical (unpaired) electrons. The van der Waals surface area contributed by atoms with Crippen molar-refractivity contribution >= 4 is 17.5 Å². The summed E-state index contributed by atoms with van der Waals surface area (Å²) in [6.07, 6.45) is 3.91. The maximum Gasteiger partial charge on any atom is 0.313 e. The minimum atomic E-state index is -0.668. The third-order valence-electron chi connectivity index (χ3n) is 3.80. The molecule has 0 aromatic heterocycles. The zero-order valence-corrected chi connectivity index (χ0v) is 12.3. The molecule has 0 aliphatic heterocycles. The van der Waals surface area contributed by atoms with E-state index in [-0.39, 0.29) is 0 Å². The van der Waals surface area contributed by atoms with Crippen LogP contribution in [-0.4, -0.2) is 29.6 Å². The van der Waals surface area contributed by atoms with Crippen molar-refractivity contribution in [3.63, 3.8) is 0 Å². The number of hydrogen-bond acceptors (Lipinski definition) is 3. The summed E-state index contributed by atoms with van der Waals surface area (Å²) in [5.41, 5.74) is 3.23. The minimum absolute atomic E-state index is 0.297. The Morgan fingerprint density at radius 3 is 2.76 bits per heavy atom. The molecule has 3 N–H and O–H groups in total.